The van der Waals surface area contributed by atoms with Crippen LogP contribution in [0.1, 0.15) is 21.5 Å². The van der Waals surface area contributed by atoms with Gasteiger partial charge in [-0.3, -0.25) is 4.79 Å². The minimum atomic E-state index is -1.11. The molecule has 108 valence electrons. The van der Waals surface area contributed by atoms with Crippen LogP contribution in [0.25, 0.3) is 0 Å². The highest BCUT2D eigenvalue weighted by Gasteiger charge is 2.16. The van der Waals surface area contributed by atoms with Crippen LogP contribution in [0.3, 0.4) is 0 Å². The highest BCUT2D eigenvalue weighted by molar-refractivity contribution is 6.31. The molecule has 2 aromatic rings. The van der Waals surface area contributed by atoms with Crippen molar-refractivity contribution < 1.29 is 19.4 Å². The molecule has 2 aromatic carbocycles. The summed E-state index contributed by atoms with van der Waals surface area (Å²) in [5, 5.41) is 9.06. The molecule has 0 aliphatic rings. The predicted molar refractivity (Wildman–Crippen MR) is 79.2 cm³/mol. The Kier molecular flexibility index (Phi) is 4.60. The summed E-state index contributed by atoms with van der Waals surface area (Å²) >= 11 is 5.92. The molecule has 1 N–H and O–H groups in total. The molecule has 0 unspecified atom stereocenters. The number of halogens is 1. The van der Waals surface area contributed by atoms with E-state index in [2.05, 4.69) is 0 Å². The zero-order valence-corrected chi connectivity index (χ0v) is 12.1. The zero-order valence-electron chi connectivity index (χ0n) is 11.3. The minimum Gasteiger partial charge on any atom is -0.481 e. The molecule has 0 bridgehead atoms. The second-order valence-corrected chi connectivity index (χ2v) is 4.96. The first-order chi connectivity index (χ1) is 9.97. The van der Waals surface area contributed by atoms with Crippen molar-refractivity contribution in [2.75, 3.05) is 6.61 Å². The van der Waals surface area contributed by atoms with Gasteiger partial charge in [0.05, 0.1) is 5.56 Å². The van der Waals surface area contributed by atoms with Crippen molar-refractivity contribution in [1.82, 2.24) is 0 Å². The van der Waals surface area contributed by atoms with Crippen LogP contribution in [0, 0.1) is 6.92 Å². The molecule has 0 aliphatic carbocycles. The highest BCUT2D eigenvalue weighted by Crippen LogP contribution is 2.26. The second kappa shape index (κ2) is 6.41. The number of rotatable bonds is 5. The normalized spacial score (nSPS) is 10.2. The van der Waals surface area contributed by atoms with Crippen LogP contribution in [0.2, 0.25) is 5.02 Å². The Labute approximate surface area is 126 Å². The Hall–Kier alpha value is -2.33. The largest absolute Gasteiger partial charge is 0.481 e. The number of hydrogen-bond donors (Lipinski definition) is 1. The average molecular weight is 305 g/mol. The fraction of sp³-hybridized carbons (Fsp3) is 0.125. The molecule has 0 amide bonds. The van der Waals surface area contributed by atoms with Gasteiger partial charge < -0.3 is 9.84 Å². The van der Waals surface area contributed by atoms with E-state index in [1.165, 1.54) is 12.1 Å². The summed E-state index contributed by atoms with van der Waals surface area (Å²) in [6, 6.07) is 11.6. The van der Waals surface area contributed by atoms with Gasteiger partial charge in [-0.05, 0) is 31.2 Å². The Morgan fingerprint density at radius 1 is 1.19 bits per heavy atom. The van der Waals surface area contributed by atoms with Crippen LogP contribution in [0.4, 0.5) is 0 Å². The number of ketones is 1. The molecule has 2 rings (SSSR count). The van der Waals surface area contributed by atoms with Gasteiger partial charge in [0, 0.05) is 10.6 Å². The van der Waals surface area contributed by atoms with Crippen LogP contribution in [-0.2, 0) is 4.79 Å². The van der Waals surface area contributed by atoms with E-state index in [9.17, 15) is 9.59 Å². The predicted octanol–water partition coefficient (Wildman–Crippen LogP) is 3.34. The standard InChI is InChI=1S/C16H13ClO4/c1-10-3-2-4-11(7-10)16(20)13-8-12(17)5-6-14(13)21-9-15(18)19/h2-8H,9H2,1H3,(H,18,19). The summed E-state index contributed by atoms with van der Waals surface area (Å²) in [5.74, 6) is -1.17. The van der Waals surface area contributed by atoms with Crippen molar-refractivity contribution in [3.8, 4) is 5.75 Å². The van der Waals surface area contributed by atoms with E-state index < -0.39 is 12.6 Å². The van der Waals surface area contributed by atoms with Crippen molar-refractivity contribution in [1.29, 1.82) is 0 Å². The number of carbonyl (C=O) groups excluding carboxylic acids is 1. The summed E-state index contributed by atoms with van der Waals surface area (Å²) in [5.41, 5.74) is 1.70. The van der Waals surface area contributed by atoms with E-state index in [0.717, 1.165) is 5.56 Å². The molecule has 0 saturated carbocycles. The lowest BCUT2D eigenvalue weighted by molar-refractivity contribution is -0.139. The number of carboxylic acids is 1. The second-order valence-electron chi connectivity index (χ2n) is 4.52. The third kappa shape index (κ3) is 3.83. The van der Waals surface area contributed by atoms with Crippen molar-refractivity contribution in [2.45, 2.75) is 6.92 Å². The molecule has 4 nitrogen and oxygen atoms in total. The van der Waals surface area contributed by atoms with Gasteiger partial charge in [-0.1, -0.05) is 35.4 Å². The third-order valence-corrected chi connectivity index (χ3v) is 3.05. The van der Waals surface area contributed by atoms with E-state index in [1.807, 2.05) is 13.0 Å². The molecular formula is C16H13ClO4. The molecule has 0 heterocycles. The summed E-state index contributed by atoms with van der Waals surface area (Å²) in [4.78, 5) is 23.1. The monoisotopic (exact) mass is 304 g/mol. The molecule has 0 aliphatic heterocycles. The topological polar surface area (TPSA) is 63.6 Å². The van der Waals surface area contributed by atoms with Crippen LogP contribution in [0.5, 0.6) is 5.75 Å². The number of ether oxygens (including phenoxy) is 1. The van der Waals surface area contributed by atoms with Crippen molar-refractivity contribution >= 4 is 23.4 Å². The summed E-state index contributed by atoms with van der Waals surface area (Å²) in [6.45, 7) is 1.37. The lowest BCUT2D eigenvalue weighted by atomic mass is 10.0. The van der Waals surface area contributed by atoms with E-state index in [1.54, 1.807) is 24.3 Å². The zero-order chi connectivity index (χ0) is 15.4. The molecule has 21 heavy (non-hydrogen) atoms. The van der Waals surface area contributed by atoms with Crippen LogP contribution in [-0.4, -0.2) is 23.5 Å². The SMILES string of the molecule is Cc1cccc(C(=O)c2cc(Cl)ccc2OCC(=O)O)c1. The third-order valence-electron chi connectivity index (χ3n) is 2.82. The van der Waals surface area contributed by atoms with Gasteiger partial charge in [0.15, 0.2) is 12.4 Å². The van der Waals surface area contributed by atoms with E-state index >= 15 is 0 Å². The maximum absolute atomic E-state index is 12.5. The molecule has 0 aromatic heterocycles. The Morgan fingerprint density at radius 2 is 1.95 bits per heavy atom. The maximum atomic E-state index is 12.5. The van der Waals surface area contributed by atoms with Crippen LogP contribution >= 0.6 is 11.6 Å². The molecule has 0 atom stereocenters. The van der Waals surface area contributed by atoms with Crippen LogP contribution in [0.15, 0.2) is 42.5 Å². The molecule has 0 fully saturated rings. The first-order valence-electron chi connectivity index (χ1n) is 6.23. The van der Waals surface area contributed by atoms with E-state index in [0.29, 0.717) is 10.6 Å². The van der Waals surface area contributed by atoms with E-state index in [4.69, 9.17) is 21.4 Å². The van der Waals surface area contributed by atoms with Gasteiger partial charge in [0.2, 0.25) is 0 Å². The molecule has 0 radical (unpaired) electrons. The minimum absolute atomic E-state index is 0.202. The molecular weight excluding hydrogens is 292 g/mol. The fourth-order valence-electron chi connectivity index (χ4n) is 1.89. The first kappa shape index (κ1) is 15.1. The average Bonchev–Trinajstić information content (AvgIpc) is 2.45. The van der Waals surface area contributed by atoms with Crippen molar-refractivity contribution in [2.24, 2.45) is 0 Å². The lowest BCUT2D eigenvalue weighted by Gasteiger charge is -2.10. The summed E-state index contributed by atoms with van der Waals surface area (Å²) < 4.78 is 5.15. The summed E-state index contributed by atoms with van der Waals surface area (Å²) in [6.07, 6.45) is 0. The Balaban J connectivity index is 2.39. The van der Waals surface area contributed by atoms with E-state index in [-0.39, 0.29) is 17.1 Å². The van der Waals surface area contributed by atoms with Gasteiger partial charge >= 0.3 is 5.97 Å². The van der Waals surface area contributed by atoms with Gasteiger partial charge in [-0.25, -0.2) is 4.79 Å². The van der Waals surface area contributed by atoms with Crippen molar-refractivity contribution in [3.05, 3.63) is 64.2 Å². The Morgan fingerprint density at radius 3 is 2.62 bits per heavy atom. The van der Waals surface area contributed by atoms with Crippen LogP contribution < -0.4 is 4.74 Å². The number of carbonyl (C=O) groups is 2. The van der Waals surface area contributed by atoms with Gasteiger partial charge in [-0.2, -0.15) is 0 Å². The number of hydrogen-bond acceptors (Lipinski definition) is 3. The number of aryl methyl sites for hydroxylation is 1. The smallest absolute Gasteiger partial charge is 0.341 e. The van der Waals surface area contributed by atoms with Gasteiger partial charge in [0.25, 0.3) is 0 Å². The highest BCUT2D eigenvalue weighted by atomic mass is 35.5. The summed E-state index contributed by atoms with van der Waals surface area (Å²) in [7, 11) is 0. The fourth-order valence-corrected chi connectivity index (χ4v) is 2.06. The number of benzene rings is 2. The quantitative estimate of drug-likeness (QED) is 0.860. The number of carboxylic acid groups (broad SMARTS) is 1. The van der Waals surface area contributed by atoms with Crippen molar-refractivity contribution in [3.63, 3.8) is 0 Å². The maximum Gasteiger partial charge on any atom is 0.341 e. The van der Waals surface area contributed by atoms with Gasteiger partial charge in [-0.15, -0.1) is 0 Å². The molecule has 5 heteroatoms. The molecule has 0 spiro atoms. The first-order valence-corrected chi connectivity index (χ1v) is 6.60. The Bertz CT molecular complexity index is 694. The molecule has 0 saturated heterocycles. The lowest BCUT2D eigenvalue weighted by Crippen LogP contribution is -2.12. The number of aliphatic carboxylic acids is 1. The van der Waals surface area contributed by atoms with Gasteiger partial charge in [0.1, 0.15) is 5.75 Å².